The third-order valence-corrected chi connectivity index (χ3v) is 8.07. The van der Waals surface area contributed by atoms with Crippen LogP contribution in [0.25, 0.3) is 10.9 Å². The molecule has 1 atom stereocenters. The van der Waals surface area contributed by atoms with Gasteiger partial charge in [0.15, 0.2) is 0 Å². The Hall–Kier alpha value is -2.87. The number of nitrogens with one attached hydrogen (secondary N) is 2. The number of carbonyl (C=O) groups excluding carboxylic acids is 3. The summed E-state index contributed by atoms with van der Waals surface area (Å²) >= 11 is 0. The van der Waals surface area contributed by atoms with E-state index in [0.717, 1.165) is 32.2 Å². The highest BCUT2D eigenvalue weighted by atomic mass is 16.5. The van der Waals surface area contributed by atoms with Crippen LogP contribution in [0.2, 0.25) is 0 Å². The maximum Gasteiger partial charge on any atom is 0.242 e. The number of aromatic nitrogens is 1. The summed E-state index contributed by atoms with van der Waals surface area (Å²) in [4.78, 5) is 40.9. The molecular weight excluding hydrogens is 468 g/mol. The van der Waals surface area contributed by atoms with E-state index in [0.29, 0.717) is 58.5 Å². The van der Waals surface area contributed by atoms with E-state index in [4.69, 9.17) is 4.74 Å². The average Bonchev–Trinajstić information content (AvgIpc) is 3.28. The highest BCUT2D eigenvalue weighted by molar-refractivity contribution is 5.90. The maximum absolute atomic E-state index is 13.4. The van der Waals surface area contributed by atoms with Gasteiger partial charge in [-0.3, -0.25) is 14.4 Å². The number of fused-ring (bicyclic) bond motifs is 1. The van der Waals surface area contributed by atoms with E-state index in [9.17, 15) is 14.4 Å². The molecule has 0 bridgehead atoms. The van der Waals surface area contributed by atoms with E-state index in [1.54, 1.807) is 6.92 Å². The molecule has 202 valence electrons. The molecule has 8 heteroatoms. The molecule has 2 aliphatic heterocycles. The van der Waals surface area contributed by atoms with E-state index in [-0.39, 0.29) is 17.7 Å². The number of rotatable bonds is 4. The minimum Gasteiger partial charge on any atom is -0.381 e. The van der Waals surface area contributed by atoms with Crippen molar-refractivity contribution >= 4 is 28.6 Å². The highest BCUT2D eigenvalue weighted by Gasteiger charge is 2.42. The monoisotopic (exact) mass is 510 g/mol. The van der Waals surface area contributed by atoms with Crippen LogP contribution in [0.1, 0.15) is 64.4 Å². The first-order valence-corrected chi connectivity index (χ1v) is 13.9. The topological polar surface area (TPSA) is 92.7 Å². The molecular formula is C29H42N4O4. The van der Waals surface area contributed by atoms with Crippen molar-refractivity contribution in [3.63, 3.8) is 0 Å². The summed E-state index contributed by atoms with van der Waals surface area (Å²) in [5.41, 5.74) is 1.86. The van der Waals surface area contributed by atoms with Crippen LogP contribution in [0.4, 0.5) is 0 Å². The lowest BCUT2D eigenvalue weighted by Crippen LogP contribution is -2.54. The number of likely N-dealkylation sites (tertiary alicyclic amines) is 1. The van der Waals surface area contributed by atoms with Crippen molar-refractivity contribution in [1.82, 2.24) is 20.1 Å². The van der Waals surface area contributed by atoms with E-state index in [2.05, 4.69) is 46.5 Å². The largest absolute Gasteiger partial charge is 0.381 e. The summed E-state index contributed by atoms with van der Waals surface area (Å²) < 4.78 is 7.92. The second-order valence-corrected chi connectivity index (χ2v) is 10.5. The number of piperidine rings is 1. The van der Waals surface area contributed by atoms with Crippen molar-refractivity contribution in [1.29, 1.82) is 0 Å². The van der Waals surface area contributed by atoms with Crippen LogP contribution in [-0.2, 0) is 32.1 Å². The zero-order chi connectivity index (χ0) is 26.3. The molecule has 0 saturated carbocycles. The molecule has 0 radical (unpaired) electrons. The van der Waals surface area contributed by atoms with Gasteiger partial charge in [0, 0.05) is 62.9 Å². The zero-order valence-electron chi connectivity index (χ0n) is 22.4. The fourth-order valence-corrected chi connectivity index (χ4v) is 5.68. The van der Waals surface area contributed by atoms with Crippen molar-refractivity contribution in [3.05, 3.63) is 36.0 Å². The molecule has 2 fully saturated rings. The molecule has 1 aromatic heterocycles. The van der Waals surface area contributed by atoms with Crippen LogP contribution in [0.3, 0.4) is 0 Å². The molecule has 2 aliphatic rings. The SMILES string of the molecule is CCn1cc(CCC(=O)N2CCC3(CCCCOCCCNC(=O)[C@H](C)NC3=O)CC2)c2ccccc21. The Bertz CT molecular complexity index is 1090. The Labute approximate surface area is 220 Å². The van der Waals surface area contributed by atoms with Crippen molar-refractivity contribution in [3.8, 4) is 0 Å². The molecule has 8 nitrogen and oxygen atoms in total. The van der Waals surface area contributed by atoms with Crippen LogP contribution in [0, 0.1) is 5.41 Å². The van der Waals surface area contributed by atoms with Crippen molar-refractivity contribution < 1.29 is 19.1 Å². The number of aryl methyl sites for hydroxylation is 2. The molecule has 4 rings (SSSR count). The second-order valence-electron chi connectivity index (χ2n) is 10.5. The number of amides is 3. The first kappa shape index (κ1) is 27.2. The van der Waals surface area contributed by atoms with Gasteiger partial charge in [-0.2, -0.15) is 0 Å². The van der Waals surface area contributed by atoms with Gasteiger partial charge in [0.05, 0.1) is 5.41 Å². The van der Waals surface area contributed by atoms with E-state index >= 15 is 0 Å². The van der Waals surface area contributed by atoms with Gasteiger partial charge in [-0.15, -0.1) is 0 Å². The Morgan fingerprint density at radius 1 is 1.08 bits per heavy atom. The van der Waals surface area contributed by atoms with Crippen molar-refractivity contribution in [2.24, 2.45) is 5.41 Å². The molecule has 37 heavy (non-hydrogen) atoms. The Morgan fingerprint density at radius 3 is 2.62 bits per heavy atom. The van der Waals surface area contributed by atoms with E-state index in [1.807, 2.05) is 11.0 Å². The zero-order valence-corrected chi connectivity index (χ0v) is 22.4. The summed E-state index contributed by atoms with van der Waals surface area (Å²) in [6, 6.07) is 7.77. The fraction of sp³-hybridized carbons (Fsp3) is 0.621. The molecule has 1 aromatic carbocycles. The predicted octanol–water partition coefficient (Wildman–Crippen LogP) is 3.41. The maximum atomic E-state index is 13.4. The number of benzene rings is 1. The van der Waals surface area contributed by atoms with Gasteiger partial charge in [0.2, 0.25) is 17.7 Å². The summed E-state index contributed by atoms with van der Waals surface area (Å²) in [7, 11) is 0. The van der Waals surface area contributed by atoms with Crippen molar-refractivity contribution in [2.75, 3.05) is 32.8 Å². The van der Waals surface area contributed by atoms with Crippen LogP contribution < -0.4 is 10.6 Å². The van der Waals surface area contributed by atoms with Crippen LogP contribution in [0.15, 0.2) is 30.5 Å². The normalized spacial score (nSPS) is 21.9. The number of hydrogen-bond acceptors (Lipinski definition) is 4. The van der Waals surface area contributed by atoms with Crippen molar-refractivity contribution in [2.45, 2.75) is 77.8 Å². The lowest BCUT2D eigenvalue weighted by atomic mass is 9.73. The van der Waals surface area contributed by atoms with E-state index in [1.165, 1.54) is 16.5 Å². The molecule has 3 amide bonds. The number of nitrogens with zero attached hydrogens (tertiary/aromatic N) is 2. The van der Waals surface area contributed by atoms with Gasteiger partial charge < -0.3 is 24.8 Å². The highest BCUT2D eigenvalue weighted by Crippen LogP contribution is 2.37. The number of para-hydroxylation sites is 1. The molecule has 2 N–H and O–H groups in total. The third-order valence-electron chi connectivity index (χ3n) is 8.07. The predicted molar refractivity (Wildman–Crippen MR) is 144 cm³/mol. The number of ether oxygens (including phenoxy) is 1. The fourth-order valence-electron chi connectivity index (χ4n) is 5.68. The molecule has 1 spiro atoms. The molecule has 3 heterocycles. The summed E-state index contributed by atoms with van der Waals surface area (Å²) in [6.45, 7) is 7.74. The Kier molecular flexibility index (Phi) is 9.24. The number of carbonyl (C=O) groups is 3. The molecule has 2 saturated heterocycles. The third kappa shape index (κ3) is 6.53. The standard InChI is InChI=1S/C29H42N4O4/c1-3-32-21-23(24-9-4-5-10-25(24)32)11-12-26(34)33-17-14-29(15-18-33)13-6-7-19-37-20-8-16-30-27(35)22(2)31-28(29)36/h4-5,9-10,21-22H,3,6-8,11-20H2,1-2H3,(H,30,35)(H,31,36)/t22-/m0/s1. The summed E-state index contributed by atoms with van der Waals surface area (Å²) in [5.74, 6) is -0.0872. The van der Waals surface area contributed by atoms with Gasteiger partial charge in [0.1, 0.15) is 6.04 Å². The molecule has 0 aliphatic carbocycles. The van der Waals surface area contributed by atoms with Crippen LogP contribution in [0.5, 0.6) is 0 Å². The lowest BCUT2D eigenvalue weighted by Gasteiger charge is -2.41. The average molecular weight is 511 g/mol. The van der Waals surface area contributed by atoms with E-state index < -0.39 is 11.5 Å². The van der Waals surface area contributed by atoms with Gasteiger partial charge in [0.25, 0.3) is 0 Å². The lowest BCUT2D eigenvalue weighted by molar-refractivity contribution is -0.142. The van der Waals surface area contributed by atoms with Gasteiger partial charge >= 0.3 is 0 Å². The van der Waals surface area contributed by atoms with Crippen LogP contribution in [-0.4, -0.2) is 66.1 Å². The van der Waals surface area contributed by atoms with Crippen LogP contribution >= 0.6 is 0 Å². The van der Waals surface area contributed by atoms with Gasteiger partial charge in [-0.05, 0) is 64.0 Å². The molecule has 0 unspecified atom stereocenters. The van der Waals surface area contributed by atoms with Gasteiger partial charge in [-0.1, -0.05) is 24.6 Å². The van der Waals surface area contributed by atoms with Gasteiger partial charge in [-0.25, -0.2) is 0 Å². The Balaban J connectivity index is 1.37. The first-order valence-electron chi connectivity index (χ1n) is 13.9. The number of hydrogen-bond donors (Lipinski definition) is 2. The first-order chi connectivity index (χ1) is 17.9. The molecule has 2 aromatic rings. The summed E-state index contributed by atoms with van der Waals surface area (Å²) in [6.07, 6.45) is 7.89. The second kappa shape index (κ2) is 12.6. The quantitative estimate of drug-likeness (QED) is 0.659. The summed E-state index contributed by atoms with van der Waals surface area (Å²) in [5, 5.41) is 7.06. The Morgan fingerprint density at radius 2 is 1.84 bits per heavy atom. The minimum atomic E-state index is -0.585. The minimum absolute atomic E-state index is 0.0624. The smallest absolute Gasteiger partial charge is 0.242 e.